The quantitative estimate of drug-likeness (QED) is 0.154. The summed E-state index contributed by atoms with van der Waals surface area (Å²) >= 11 is 7.40. The van der Waals surface area contributed by atoms with Crippen LogP contribution in [0.3, 0.4) is 0 Å². The van der Waals surface area contributed by atoms with Gasteiger partial charge in [0.2, 0.25) is 0 Å². The lowest BCUT2D eigenvalue weighted by Gasteiger charge is -2.24. The molecule has 2 atom stereocenters. The van der Waals surface area contributed by atoms with E-state index in [0.29, 0.717) is 11.8 Å². The first kappa shape index (κ1) is 34.6. The molecule has 2 unspecified atom stereocenters. The van der Waals surface area contributed by atoms with Gasteiger partial charge >= 0.3 is 0 Å². The third-order valence-electron chi connectivity index (χ3n) is 9.38. The van der Waals surface area contributed by atoms with E-state index in [1.54, 1.807) is 9.36 Å². The van der Waals surface area contributed by atoms with Gasteiger partial charge in [0.05, 0.1) is 46.2 Å². The van der Waals surface area contributed by atoms with Gasteiger partial charge in [-0.1, -0.05) is 0 Å². The molecule has 6 aromatic heterocycles. The lowest BCUT2D eigenvalue weighted by molar-refractivity contribution is 0.453. The number of aromatic nitrogens is 10. The number of piperidine rings is 2. The average molecular weight is 809 g/mol. The van der Waals surface area contributed by atoms with Gasteiger partial charge in [0.1, 0.15) is 16.2 Å². The zero-order chi connectivity index (χ0) is 34.8. The fourth-order valence-corrected chi connectivity index (χ4v) is 7.95. The van der Waals surface area contributed by atoms with Crippen LogP contribution >= 0.6 is 31.9 Å². The number of nitrogens with zero attached hydrogens (tertiary/aromatic N) is 10. The highest BCUT2D eigenvalue weighted by Crippen LogP contribution is 2.38. The summed E-state index contributed by atoms with van der Waals surface area (Å²) in [6, 6.07) is 2.15. The molecule has 4 N–H and O–H groups in total. The van der Waals surface area contributed by atoms with Crippen LogP contribution in [-0.4, -0.2) is 88.0 Å². The van der Waals surface area contributed by atoms with Crippen LogP contribution < -0.4 is 21.3 Å². The van der Waals surface area contributed by atoms with Crippen LogP contribution in [0.2, 0.25) is 0 Å². The molecular formula is C34H44Br2N14. The second-order valence-electron chi connectivity index (χ2n) is 12.8. The summed E-state index contributed by atoms with van der Waals surface area (Å²) in [7, 11) is 3.83. The molecule has 2 saturated heterocycles. The smallest absolute Gasteiger partial charge is 0.165 e. The van der Waals surface area contributed by atoms with Gasteiger partial charge < -0.3 is 21.3 Å². The first-order chi connectivity index (χ1) is 24.4. The number of hydrogen-bond acceptors (Lipinski definition) is 10. The molecule has 0 spiro atoms. The molecule has 14 nitrogen and oxygen atoms in total. The van der Waals surface area contributed by atoms with Gasteiger partial charge in [0.15, 0.2) is 11.3 Å². The molecule has 0 radical (unpaired) electrons. The van der Waals surface area contributed by atoms with E-state index < -0.39 is 0 Å². The molecule has 2 fully saturated rings. The molecule has 264 valence electrons. The van der Waals surface area contributed by atoms with E-state index >= 15 is 0 Å². The highest BCUT2D eigenvalue weighted by atomic mass is 79.9. The van der Waals surface area contributed by atoms with Crippen molar-refractivity contribution >= 4 is 54.8 Å². The summed E-state index contributed by atoms with van der Waals surface area (Å²) in [5.41, 5.74) is 7.99. The van der Waals surface area contributed by atoms with Crippen molar-refractivity contribution in [3.05, 3.63) is 57.5 Å². The van der Waals surface area contributed by atoms with E-state index in [2.05, 4.69) is 93.4 Å². The second-order valence-corrected chi connectivity index (χ2v) is 14.4. The Bertz CT molecular complexity index is 2080. The summed E-state index contributed by atoms with van der Waals surface area (Å²) < 4.78 is 9.30. The average Bonchev–Trinajstić information content (AvgIpc) is 3.94. The maximum atomic E-state index is 5.04. The Balaban J connectivity index is 0.000000157. The molecule has 2 aliphatic heterocycles. The Morgan fingerprint density at radius 3 is 2.10 bits per heavy atom. The van der Waals surface area contributed by atoms with Gasteiger partial charge in [0, 0.05) is 81.1 Å². The van der Waals surface area contributed by atoms with E-state index in [1.807, 2.05) is 54.1 Å². The third kappa shape index (κ3) is 6.77. The van der Waals surface area contributed by atoms with Crippen molar-refractivity contribution in [2.75, 3.05) is 49.9 Å². The maximum absolute atomic E-state index is 5.04. The highest BCUT2D eigenvalue weighted by molar-refractivity contribution is 9.11. The van der Waals surface area contributed by atoms with Crippen molar-refractivity contribution in [1.82, 2.24) is 59.4 Å². The Kier molecular flexibility index (Phi) is 10.5. The second kappa shape index (κ2) is 15.2. The van der Waals surface area contributed by atoms with Crippen LogP contribution in [0.4, 0.5) is 11.6 Å². The van der Waals surface area contributed by atoms with Crippen molar-refractivity contribution in [2.45, 2.75) is 51.4 Å². The summed E-state index contributed by atoms with van der Waals surface area (Å²) in [6.45, 7) is 9.97. The first-order valence-corrected chi connectivity index (χ1v) is 19.0. The fraction of sp³-hybridized carbons (Fsp3) is 0.471. The molecule has 8 heterocycles. The molecule has 0 aliphatic carbocycles. The Hall–Kier alpha value is -3.86. The van der Waals surface area contributed by atoms with Crippen LogP contribution in [0.1, 0.15) is 62.8 Å². The van der Waals surface area contributed by atoms with Gasteiger partial charge in [-0.2, -0.15) is 29.4 Å². The zero-order valence-corrected chi connectivity index (χ0v) is 32.1. The van der Waals surface area contributed by atoms with Gasteiger partial charge in [-0.05, 0) is 84.5 Å². The molecule has 2 aliphatic rings. The number of rotatable bonds is 8. The summed E-state index contributed by atoms with van der Waals surface area (Å²) in [5.74, 6) is 2.79. The zero-order valence-electron chi connectivity index (χ0n) is 28.9. The normalized spacial score (nSPS) is 18.0. The fourth-order valence-electron chi connectivity index (χ4n) is 6.83. The predicted octanol–water partition coefficient (Wildman–Crippen LogP) is 5.58. The van der Waals surface area contributed by atoms with Crippen molar-refractivity contribution in [1.29, 1.82) is 0 Å². The highest BCUT2D eigenvalue weighted by Gasteiger charge is 2.26. The number of halogens is 2. The van der Waals surface area contributed by atoms with Crippen LogP contribution in [0.15, 0.2) is 46.1 Å². The van der Waals surface area contributed by atoms with E-state index in [0.717, 1.165) is 111 Å². The number of aryl methyl sites for hydroxylation is 2. The van der Waals surface area contributed by atoms with E-state index in [1.165, 1.54) is 19.3 Å². The van der Waals surface area contributed by atoms with Gasteiger partial charge in [-0.3, -0.25) is 9.36 Å². The van der Waals surface area contributed by atoms with E-state index in [9.17, 15) is 0 Å². The monoisotopic (exact) mass is 806 g/mol. The largest absolute Gasteiger partial charge is 0.370 e. The molecule has 0 aromatic carbocycles. The van der Waals surface area contributed by atoms with Gasteiger partial charge in [-0.15, -0.1) is 0 Å². The van der Waals surface area contributed by atoms with E-state index in [4.69, 9.17) is 9.97 Å². The number of anilines is 2. The Morgan fingerprint density at radius 1 is 0.780 bits per heavy atom. The summed E-state index contributed by atoms with van der Waals surface area (Å²) in [6.07, 6.45) is 14.1. The van der Waals surface area contributed by atoms with Crippen molar-refractivity contribution in [3.8, 4) is 22.3 Å². The van der Waals surface area contributed by atoms with Crippen LogP contribution in [0, 0.1) is 0 Å². The number of nitrogens with one attached hydrogen (secondary N) is 4. The maximum Gasteiger partial charge on any atom is 0.165 e. The number of hydrogen-bond donors (Lipinski definition) is 4. The van der Waals surface area contributed by atoms with E-state index in [-0.39, 0.29) is 0 Å². The molecule has 0 bridgehead atoms. The van der Waals surface area contributed by atoms with Crippen molar-refractivity contribution < 1.29 is 0 Å². The van der Waals surface area contributed by atoms with Crippen molar-refractivity contribution in [3.63, 3.8) is 0 Å². The molecule has 0 saturated carbocycles. The summed E-state index contributed by atoms with van der Waals surface area (Å²) in [4.78, 5) is 10.0. The van der Waals surface area contributed by atoms with Crippen LogP contribution in [0.5, 0.6) is 0 Å². The van der Waals surface area contributed by atoms with Gasteiger partial charge in [0.25, 0.3) is 0 Å². The summed E-state index contributed by atoms with van der Waals surface area (Å²) in [5, 5.41) is 31.6. The Labute approximate surface area is 308 Å². The predicted molar refractivity (Wildman–Crippen MR) is 204 cm³/mol. The van der Waals surface area contributed by atoms with Crippen LogP contribution in [-0.2, 0) is 14.1 Å². The lowest BCUT2D eigenvalue weighted by atomic mass is 9.96. The standard InChI is InChI=1S/C17H21Br2N7.C17H23N7/c1-3-21-17-13(18)14(10-5-4-6-20-7-10)24-16-12(9-23-26(16)17)11-8-22-25(2)15(11)19;1-3-19-16-7-15(12-5-4-6-18-8-12)22-17-14(10-21-24(16)17)13-9-20-23(2)11-13/h8-10,20-21H,3-7H2,1-2H3;7,9-12,18-19H,3-6,8H2,1-2H3. The molecule has 16 heteroatoms. The minimum Gasteiger partial charge on any atom is -0.370 e. The molecular weight excluding hydrogens is 764 g/mol. The topological polar surface area (TPSA) is 144 Å². The molecule has 8 rings (SSSR count). The third-order valence-corrected chi connectivity index (χ3v) is 11.1. The SMILES string of the molecule is CCNc1c(Br)c(C2CCCNC2)nc2c(-c3cnn(C)c3Br)cnn12.CCNc1cc(C2CCCNC2)nc2c(-c3cnn(C)c3)cnn12. The number of fused-ring (bicyclic) bond motifs is 2. The minimum atomic E-state index is 0.389. The molecule has 6 aromatic rings. The molecule has 0 amide bonds. The van der Waals surface area contributed by atoms with Crippen LogP contribution in [0.25, 0.3) is 33.5 Å². The Morgan fingerprint density at radius 2 is 1.46 bits per heavy atom. The first-order valence-electron chi connectivity index (χ1n) is 17.4. The molecule has 50 heavy (non-hydrogen) atoms. The minimum absolute atomic E-state index is 0.389. The van der Waals surface area contributed by atoms with Crippen molar-refractivity contribution in [2.24, 2.45) is 14.1 Å². The van der Waals surface area contributed by atoms with Gasteiger partial charge in [-0.25, -0.2) is 9.97 Å². The lowest BCUT2D eigenvalue weighted by Crippen LogP contribution is -2.29.